The van der Waals surface area contributed by atoms with E-state index in [1.165, 1.54) is 4.88 Å². The monoisotopic (exact) mass is 365 g/mol. The minimum absolute atomic E-state index is 0.477. The minimum Gasteiger partial charge on any atom is -0.315 e. The lowest BCUT2D eigenvalue weighted by molar-refractivity contribution is 0.745. The molecule has 4 heterocycles. The van der Waals surface area contributed by atoms with Crippen molar-refractivity contribution < 1.29 is 0 Å². The van der Waals surface area contributed by atoms with Gasteiger partial charge in [0.15, 0.2) is 11.3 Å². The molecule has 0 aromatic carbocycles. The van der Waals surface area contributed by atoms with Gasteiger partial charge < -0.3 is 4.57 Å². The van der Waals surface area contributed by atoms with E-state index in [0.29, 0.717) is 17.5 Å². The zero-order chi connectivity index (χ0) is 18.0. The summed E-state index contributed by atoms with van der Waals surface area (Å²) < 4.78 is 3.87. The van der Waals surface area contributed by atoms with Crippen molar-refractivity contribution in [2.75, 3.05) is 0 Å². The molecule has 0 amide bonds. The summed E-state index contributed by atoms with van der Waals surface area (Å²) in [6.07, 6.45) is 4.94. The van der Waals surface area contributed by atoms with Crippen molar-refractivity contribution >= 4 is 22.6 Å². The highest BCUT2D eigenvalue weighted by Crippen LogP contribution is 2.55. The Morgan fingerprint density at radius 3 is 2.69 bits per heavy atom. The molecule has 0 bridgehead atoms. The molecule has 0 aliphatic heterocycles. The molecule has 8 heteroatoms. The molecule has 5 rings (SSSR count). The van der Waals surface area contributed by atoms with Crippen LogP contribution >= 0.6 is 11.3 Å². The maximum absolute atomic E-state index is 4.77. The van der Waals surface area contributed by atoms with Gasteiger partial charge in [-0.1, -0.05) is 0 Å². The van der Waals surface area contributed by atoms with Crippen molar-refractivity contribution in [1.29, 1.82) is 0 Å². The van der Waals surface area contributed by atoms with Gasteiger partial charge in [0.05, 0.1) is 22.6 Å². The molecule has 4 aromatic heterocycles. The molecule has 4 aromatic rings. The third kappa shape index (κ3) is 2.36. The largest absolute Gasteiger partial charge is 0.315 e. The molecule has 1 saturated carbocycles. The highest BCUT2D eigenvalue weighted by Gasteiger charge is 2.42. The van der Waals surface area contributed by atoms with E-state index in [-0.39, 0.29) is 0 Å². The second-order valence-corrected chi connectivity index (χ2v) is 8.20. The second kappa shape index (κ2) is 5.44. The first-order valence-corrected chi connectivity index (χ1v) is 9.45. The molecule has 7 nitrogen and oxygen atoms in total. The molecule has 1 aliphatic carbocycles. The molecule has 26 heavy (non-hydrogen) atoms. The first-order chi connectivity index (χ1) is 12.5. The van der Waals surface area contributed by atoms with Gasteiger partial charge in [-0.3, -0.25) is 4.68 Å². The van der Waals surface area contributed by atoms with Crippen LogP contribution in [0.4, 0.5) is 0 Å². The van der Waals surface area contributed by atoms with Crippen molar-refractivity contribution in [2.24, 2.45) is 14.1 Å². The summed E-state index contributed by atoms with van der Waals surface area (Å²) in [4.78, 5) is 19.4. The predicted octanol–water partition coefficient (Wildman–Crippen LogP) is 3.11. The third-order valence-electron chi connectivity index (χ3n) is 5.14. The molecular weight excluding hydrogens is 346 g/mol. The Hall–Kier alpha value is -2.61. The average Bonchev–Trinajstić information content (AvgIpc) is 3.01. The summed E-state index contributed by atoms with van der Waals surface area (Å²) in [7, 11) is 3.93. The quantitative estimate of drug-likeness (QED) is 0.558. The number of hydrogen-bond acceptors (Lipinski definition) is 6. The Bertz CT molecular complexity index is 1140. The molecule has 0 unspecified atom stereocenters. The van der Waals surface area contributed by atoms with Crippen LogP contribution in [0.5, 0.6) is 0 Å². The first kappa shape index (κ1) is 15.6. The van der Waals surface area contributed by atoms with Gasteiger partial charge in [0.1, 0.15) is 11.5 Å². The molecule has 2 atom stereocenters. The summed E-state index contributed by atoms with van der Waals surface area (Å²) in [5.74, 6) is 1.94. The molecule has 1 aliphatic rings. The van der Waals surface area contributed by atoms with Crippen LogP contribution in [0.1, 0.15) is 39.7 Å². The lowest BCUT2D eigenvalue weighted by Crippen LogP contribution is -1.98. The number of thiazole rings is 1. The van der Waals surface area contributed by atoms with Gasteiger partial charge in [-0.05, 0) is 26.3 Å². The minimum atomic E-state index is 0.477. The number of aromatic nitrogens is 7. The molecule has 132 valence electrons. The van der Waals surface area contributed by atoms with E-state index in [1.807, 2.05) is 36.5 Å². The van der Waals surface area contributed by atoms with Crippen molar-refractivity contribution in [3.63, 3.8) is 0 Å². The van der Waals surface area contributed by atoms with Crippen LogP contribution in [0, 0.1) is 13.8 Å². The summed E-state index contributed by atoms with van der Waals surface area (Å²) in [6.45, 7) is 4.01. The molecule has 0 radical (unpaired) electrons. The Labute approximate surface area is 154 Å². The summed E-state index contributed by atoms with van der Waals surface area (Å²) in [6, 6.07) is 2.15. The average molecular weight is 365 g/mol. The van der Waals surface area contributed by atoms with Crippen LogP contribution in [-0.4, -0.2) is 34.3 Å². The second-order valence-electron chi connectivity index (χ2n) is 6.93. The zero-order valence-corrected chi connectivity index (χ0v) is 15.9. The Morgan fingerprint density at radius 1 is 1.08 bits per heavy atom. The fraction of sp³-hybridized carbons (Fsp3) is 0.389. The predicted molar refractivity (Wildman–Crippen MR) is 100 cm³/mol. The normalized spacial score (nSPS) is 19.4. The van der Waals surface area contributed by atoms with Crippen molar-refractivity contribution in [2.45, 2.75) is 32.1 Å². The summed E-state index contributed by atoms with van der Waals surface area (Å²) in [5.41, 5.74) is 4.42. The summed E-state index contributed by atoms with van der Waals surface area (Å²) in [5, 5.41) is 5.88. The fourth-order valence-electron chi connectivity index (χ4n) is 3.48. The molecule has 0 N–H and O–H groups in total. The Balaban J connectivity index is 1.49. The lowest BCUT2D eigenvalue weighted by Gasteiger charge is -2.01. The SMILES string of the molecule is Cc1ncc([C@@H]2C[C@H]2c2cc(-c3cnc4nc(C)n(C)c4n3)n(C)n2)s1. The summed E-state index contributed by atoms with van der Waals surface area (Å²) >= 11 is 1.79. The fourth-order valence-corrected chi connectivity index (χ4v) is 4.44. The van der Waals surface area contributed by atoms with Crippen LogP contribution < -0.4 is 0 Å². The number of hydrogen-bond donors (Lipinski definition) is 0. The van der Waals surface area contributed by atoms with Crippen LogP contribution in [0.3, 0.4) is 0 Å². The van der Waals surface area contributed by atoms with Crippen molar-refractivity contribution in [1.82, 2.24) is 34.3 Å². The zero-order valence-electron chi connectivity index (χ0n) is 15.1. The van der Waals surface area contributed by atoms with Gasteiger partial charge in [-0.15, -0.1) is 11.3 Å². The van der Waals surface area contributed by atoms with Gasteiger partial charge in [-0.2, -0.15) is 5.10 Å². The number of fused-ring (bicyclic) bond motifs is 1. The first-order valence-electron chi connectivity index (χ1n) is 8.64. The van der Waals surface area contributed by atoms with Gasteiger partial charge in [0, 0.05) is 37.0 Å². The van der Waals surface area contributed by atoms with Crippen molar-refractivity contribution in [3.8, 4) is 11.4 Å². The number of aryl methyl sites for hydroxylation is 4. The Morgan fingerprint density at radius 2 is 1.92 bits per heavy atom. The van der Waals surface area contributed by atoms with Crippen LogP contribution in [0.15, 0.2) is 18.5 Å². The molecule has 0 spiro atoms. The van der Waals surface area contributed by atoms with Crippen molar-refractivity contribution in [3.05, 3.63) is 39.9 Å². The van der Waals surface area contributed by atoms with E-state index in [2.05, 4.69) is 27.9 Å². The third-order valence-corrected chi connectivity index (χ3v) is 6.19. The molecule has 0 saturated heterocycles. The smallest absolute Gasteiger partial charge is 0.197 e. The highest BCUT2D eigenvalue weighted by molar-refractivity contribution is 7.11. The molecule has 1 fully saturated rings. The van der Waals surface area contributed by atoms with Gasteiger partial charge in [0.2, 0.25) is 0 Å². The Kier molecular flexibility index (Phi) is 3.27. The van der Waals surface area contributed by atoms with Gasteiger partial charge in [0.25, 0.3) is 0 Å². The van der Waals surface area contributed by atoms with E-state index in [9.17, 15) is 0 Å². The number of nitrogens with zero attached hydrogens (tertiary/aromatic N) is 7. The highest BCUT2D eigenvalue weighted by atomic mass is 32.1. The number of rotatable bonds is 3. The van der Waals surface area contributed by atoms with E-state index < -0.39 is 0 Å². The van der Waals surface area contributed by atoms with E-state index in [4.69, 9.17) is 10.1 Å². The van der Waals surface area contributed by atoms with Crippen LogP contribution in [0.25, 0.3) is 22.7 Å². The van der Waals surface area contributed by atoms with E-state index in [0.717, 1.165) is 40.0 Å². The van der Waals surface area contributed by atoms with Crippen LogP contribution in [-0.2, 0) is 14.1 Å². The standard InChI is InChI=1S/C18H19N7S/c1-9-21-17-18(24(9)3)22-14(7-20-17)15-6-13(23-25(15)4)11-5-12(11)16-8-19-10(2)26-16/h6-8,11-12H,5H2,1-4H3/t11-,12-/m1/s1. The van der Waals surface area contributed by atoms with Gasteiger partial charge >= 0.3 is 0 Å². The van der Waals surface area contributed by atoms with E-state index >= 15 is 0 Å². The maximum Gasteiger partial charge on any atom is 0.197 e. The van der Waals surface area contributed by atoms with Crippen LogP contribution in [0.2, 0.25) is 0 Å². The van der Waals surface area contributed by atoms with E-state index in [1.54, 1.807) is 17.5 Å². The lowest BCUT2D eigenvalue weighted by atomic mass is 10.2. The topological polar surface area (TPSA) is 74.3 Å². The number of imidazole rings is 1. The van der Waals surface area contributed by atoms with Gasteiger partial charge in [-0.25, -0.2) is 19.9 Å². The maximum atomic E-state index is 4.77. The molecular formula is C18H19N7S.